The second kappa shape index (κ2) is 28.3. The summed E-state index contributed by atoms with van der Waals surface area (Å²) in [5.41, 5.74) is 0.174. The number of fused-ring (bicyclic) bond motifs is 4. The maximum absolute atomic E-state index is 14.1. The molecule has 0 saturated carbocycles. The summed E-state index contributed by atoms with van der Waals surface area (Å²) in [6, 6.07) is 24.0. The molecule has 0 spiro atoms. The standard InChI is InChI=1S/C68H56Cl4N4O19/c1-87-59-27-49(61(89-3)25-47(59)73-65(81)33-5-7-35(37(19-33)67(83)84)63-39-21-43(69)51(77)29-55(39)94-56-30-52(78)44(70)22-40(56)63)75-9-13-91-14-10-76(12-16-93-18-17-92-15-11-75)50-28-60(88-2)48(26-62(50)90-4)74-66(82)34-6-8-36(38(20-34)68(85)86)64-41-23-45(71)53(79)31-57(41)95-58-32-54(80)46(72)24-42(58)64/h5-8,19-32,77,79H,9-18H2,1-4H3,(H,73,81)(H,74,82)(H,83,84)(H,85,86)/p-4. The van der Waals surface area contributed by atoms with Crippen molar-refractivity contribution >= 4 is 115 Å². The quantitative estimate of drug-likeness (QED) is 0.0960. The number of carboxylic acids is 2. The lowest BCUT2D eigenvalue weighted by Gasteiger charge is -2.29. The van der Waals surface area contributed by atoms with Gasteiger partial charge in [-0.05, 0) is 71.8 Å². The van der Waals surface area contributed by atoms with Gasteiger partial charge in [-0.2, -0.15) is 0 Å². The average Bonchev–Trinajstić information content (AvgIpc) is 0.750. The molecule has 3 heterocycles. The van der Waals surface area contributed by atoms with E-state index in [9.17, 15) is 49.2 Å². The fourth-order valence-electron chi connectivity index (χ4n) is 11.2. The summed E-state index contributed by atoms with van der Waals surface area (Å²) >= 11 is 25.1. The van der Waals surface area contributed by atoms with Gasteiger partial charge in [0.25, 0.3) is 11.8 Å². The van der Waals surface area contributed by atoms with Crippen molar-refractivity contribution in [3.8, 4) is 79.4 Å². The third-order valence-corrected chi connectivity index (χ3v) is 17.0. The van der Waals surface area contributed by atoms with Gasteiger partial charge in [0, 0.05) is 128 Å². The molecule has 490 valence electrons. The fraction of sp³-hybridized carbons (Fsp3) is 0.206. The minimum absolute atomic E-state index is 0.00727. The minimum Gasteiger partial charge on any atom is -0.871 e. The molecule has 95 heavy (non-hydrogen) atoms. The number of anilines is 4. The second-order valence-corrected chi connectivity index (χ2v) is 23.0. The number of nitrogens with zero attached hydrogens (tertiary/aromatic N) is 2. The monoisotopic (exact) mass is 1370 g/mol. The van der Waals surface area contributed by atoms with Gasteiger partial charge in [0.15, 0.2) is 0 Å². The molecule has 6 aromatic rings. The second-order valence-electron chi connectivity index (χ2n) is 21.3. The molecule has 2 aliphatic carbocycles. The van der Waals surface area contributed by atoms with Crippen molar-refractivity contribution < 1.29 is 81.6 Å². The van der Waals surface area contributed by atoms with Crippen LogP contribution in [-0.2, 0) is 14.2 Å². The molecule has 1 saturated heterocycles. The molecule has 27 heteroatoms. The molecule has 0 unspecified atom stereocenters. The molecule has 6 aromatic carbocycles. The zero-order valence-corrected chi connectivity index (χ0v) is 53.7. The van der Waals surface area contributed by atoms with E-state index in [1.165, 1.54) is 77.0 Å². The Balaban J connectivity index is 0.803. The van der Waals surface area contributed by atoms with Crippen molar-refractivity contribution in [3.05, 3.63) is 172 Å². The largest absolute Gasteiger partial charge is 0.871 e. The van der Waals surface area contributed by atoms with E-state index < -0.39 is 57.2 Å². The summed E-state index contributed by atoms with van der Waals surface area (Å²) in [5.74, 6) is -4.87. The summed E-state index contributed by atoms with van der Waals surface area (Å²) in [5, 5.41) is 56.4. The van der Waals surface area contributed by atoms with Crippen LogP contribution in [0.1, 0.15) is 41.4 Å². The molecule has 0 atom stereocenters. The van der Waals surface area contributed by atoms with E-state index in [-0.39, 0.29) is 161 Å². The number of carbonyl (C=O) groups is 4. The van der Waals surface area contributed by atoms with E-state index in [1.54, 1.807) is 24.3 Å². The van der Waals surface area contributed by atoms with Crippen LogP contribution in [0.2, 0.25) is 20.1 Å². The van der Waals surface area contributed by atoms with Gasteiger partial charge in [0.1, 0.15) is 45.7 Å². The minimum atomic E-state index is -1.65. The molecule has 0 bridgehead atoms. The van der Waals surface area contributed by atoms with Crippen molar-refractivity contribution in [2.75, 3.05) is 115 Å². The summed E-state index contributed by atoms with van der Waals surface area (Å²) < 4.78 is 53.5. The number of hydrogen-bond donors (Lipinski definition) is 2. The SMILES string of the molecule is COc1cc(N2CCOCCOCCN(c3cc(OC)c(NC(=O)c4ccc(-c5c6cc(Cl)c(=O)cc-6oc6cc([O-])c(Cl)cc56)c(C(=O)[O-])c4)cc3OC)CCOCC2)c(OC)cc1NC(=O)c1ccc(-c2c3cc(Cl)c(=O)cc-3oc3cc([O-])c(Cl)cc23)c(C(=O)[O-])c1. The van der Waals surface area contributed by atoms with E-state index in [0.29, 0.717) is 49.1 Å². The van der Waals surface area contributed by atoms with E-state index in [2.05, 4.69) is 10.6 Å². The van der Waals surface area contributed by atoms with Crippen LogP contribution in [0.4, 0.5) is 22.7 Å². The number of benzene rings is 8. The Hall–Kier alpha value is -9.98. The maximum Gasteiger partial charge on any atom is 0.255 e. The molecule has 0 radical (unpaired) electrons. The fourth-order valence-corrected chi connectivity index (χ4v) is 11.8. The van der Waals surface area contributed by atoms with Crippen molar-refractivity contribution in [3.63, 3.8) is 0 Å². The predicted octanol–water partition coefficient (Wildman–Crippen LogP) is 8.85. The molecule has 5 aliphatic rings. The molecule has 2 N–H and O–H groups in total. The highest BCUT2D eigenvalue weighted by Crippen LogP contribution is 2.47. The number of aromatic carboxylic acids is 2. The average molecular weight is 1370 g/mol. The van der Waals surface area contributed by atoms with Crippen LogP contribution in [0, 0.1) is 0 Å². The maximum atomic E-state index is 14.1. The number of halogens is 4. The smallest absolute Gasteiger partial charge is 0.255 e. The van der Waals surface area contributed by atoms with Gasteiger partial charge in [0.2, 0.25) is 10.9 Å². The number of carbonyl (C=O) groups excluding carboxylic acids is 4. The predicted molar refractivity (Wildman–Crippen MR) is 349 cm³/mol. The van der Waals surface area contributed by atoms with Crippen molar-refractivity contribution in [2.45, 2.75) is 0 Å². The van der Waals surface area contributed by atoms with Gasteiger partial charge < -0.3 is 92.4 Å². The van der Waals surface area contributed by atoms with Gasteiger partial charge in [-0.25, -0.2) is 0 Å². The number of ether oxygens (including phenoxy) is 7. The molecular formula is C68H52Cl4N4O19-4. The number of nitrogens with one attached hydrogen (secondary N) is 2. The molecule has 1 fully saturated rings. The summed E-state index contributed by atoms with van der Waals surface area (Å²) in [4.78, 5) is 83.3. The first-order valence-corrected chi connectivity index (χ1v) is 30.4. The lowest BCUT2D eigenvalue weighted by molar-refractivity contribution is -0.268. The Kier molecular flexibility index (Phi) is 19.8. The van der Waals surface area contributed by atoms with Gasteiger partial charge >= 0.3 is 0 Å². The van der Waals surface area contributed by atoms with Crippen LogP contribution in [0.3, 0.4) is 0 Å². The third kappa shape index (κ3) is 13.7. The zero-order valence-electron chi connectivity index (χ0n) is 50.6. The van der Waals surface area contributed by atoms with Crippen molar-refractivity contribution in [1.29, 1.82) is 0 Å². The molecule has 3 aliphatic heterocycles. The van der Waals surface area contributed by atoms with E-state index >= 15 is 0 Å². The van der Waals surface area contributed by atoms with E-state index in [4.69, 9.17) is 88.4 Å². The summed E-state index contributed by atoms with van der Waals surface area (Å²) in [6.07, 6.45) is 0. The van der Waals surface area contributed by atoms with Crippen LogP contribution in [0.25, 0.3) is 66.8 Å². The molecule has 0 aromatic heterocycles. The first kappa shape index (κ1) is 66.5. The topological polar surface area (TPSA) is 316 Å². The third-order valence-electron chi connectivity index (χ3n) is 15.8. The van der Waals surface area contributed by atoms with Gasteiger partial charge in [-0.3, -0.25) is 19.2 Å². The molecule has 11 rings (SSSR count). The van der Waals surface area contributed by atoms with E-state index in [1.807, 2.05) is 9.80 Å². The van der Waals surface area contributed by atoms with Gasteiger partial charge in [-0.15, -0.1) is 0 Å². The molecule has 2 amide bonds. The summed E-state index contributed by atoms with van der Waals surface area (Å²) in [6.45, 7) is 2.68. The summed E-state index contributed by atoms with van der Waals surface area (Å²) in [7, 11) is 5.72. The van der Waals surface area contributed by atoms with Crippen LogP contribution < -0.4 is 70.7 Å². The van der Waals surface area contributed by atoms with Gasteiger partial charge in [0.05, 0.1) is 113 Å². The lowest BCUT2D eigenvalue weighted by Crippen LogP contribution is -2.33. The number of methoxy groups -OCH3 is 4. The Morgan fingerprint density at radius 3 is 1.17 bits per heavy atom. The first-order chi connectivity index (χ1) is 45.7. The van der Waals surface area contributed by atoms with Crippen molar-refractivity contribution in [2.24, 2.45) is 0 Å². The number of amides is 2. The normalized spacial score (nSPS) is 13.5. The highest BCUT2D eigenvalue weighted by atomic mass is 35.5. The highest BCUT2D eigenvalue weighted by molar-refractivity contribution is 6.34. The Labute approximate surface area is 559 Å². The zero-order chi connectivity index (χ0) is 67.5. The van der Waals surface area contributed by atoms with Crippen LogP contribution in [0.5, 0.6) is 34.5 Å². The van der Waals surface area contributed by atoms with Crippen molar-refractivity contribution in [1.82, 2.24) is 0 Å². The first-order valence-electron chi connectivity index (χ1n) is 28.9. The van der Waals surface area contributed by atoms with Crippen LogP contribution in [-0.4, -0.2) is 118 Å². The Bertz CT molecular complexity index is 4470. The Morgan fingerprint density at radius 2 is 0.811 bits per heavy atom. The molecular weight excluding hydrogens is 1320 g/mol. The van der Waals surface area contributed by atoms with Crippen LogP contribution >= 0.6 is 46.4 Å². The molecule has 23 nitrogen and oxygen atoms in total. The number of rotatable bonds is 14. The highest BCUT2D eigenvalue weighted by Gasteiger charge is 2.28. The van der Waals surface area contributed by atoms with Crippen LogP contribution in [0.15, 0.2) is 128 Å². The lowest BCUT2D eigenvalue weighted by atomic mass is 9.89. The van der Waals surface area contributed by atoms with E-state index in [0.717, 1.165) is 36.4 Å². The Morgan fingerprint density at radius 1 is 0.442 bits per heavy atom. The number of carboxylic acid groups (broad SMARTS) is 2. The number of hydrogen-bond acceptors (Lipinski definition) is 21. The van der Waals surface area contributed by atoms with Gasteiger partial charge in [-0.1, -0.05) is 70.0 Å².